The zero-order chi connectivity index (χ0) is 17.0. The maximum atomic E-state index is 11.6. The zero-order valence-electron chi connectivity index (χ0n) is 12.3. The molecule has 2 aromatic rings. The zero-order valence-corrected chi connectivity index (χ0v) is 14.7. The molecule has 0 saturated carbocycles. The lowest BCUT2D eigenvalue weighted by molar-refractivity contribution is -0.119. The number of anilines is 2. The van der Waals surface area contributed by atoms with Crippen molar-refractivity contribution in [3.63, 3.8) is 0 Å². The number of primary amides is 1. The third-order valence-corrected chi connectivity index (χ3v) is 5.15. The van der Waals surface area contributed by atoms with Crippen molar-refractivity contribution >= 4 is 57.5 Å². The van der Waals surface area contributed by atoms with E-state index in [2.05, 4.69) is 15.5 Å². The maximum absolute atomic E-state index is 11.6. The second-order valence-corrected chi connectivity index (χ2v) is 7.55. The summed E-state index contributed by atoms with van der Waals surface area (Å²) in [6, 6.07) is 4.71. The number of hydrogen-bond acceptors (Lipinski definition) is 7. The summed E-state index contributed by atoms with van der Waals surface area (Å²) in [5.41, 5.74) is 6.70. The fourth-order valence-electron chi connectivity index (χ4n) is 1.53. The number of aryl methyl sites for hydroxylation is 1. The van der Waals surface area contributed by atoms with E-state index in [9.17, 15) is 9.59 Å². The normalized spacial score (nSPS) is 11.8. The second kappa shape index (κ2) is 7.62. The lowest BCUT2D eigenvalue weighted by Gasteiger charge is -2.06. The second-order valence-electron chi connectivity index (χ2n) is 4.58. The van der Waals surface area contributed by atoms with Crippen LogP contribution in [0.15, 0.2) is 22.5 Å². The quantitative estimate of drug-likeness (QED) is 0.697. The van der Waals surface area contributed by atoms with E-state index in [1.54, 1.807) is 13.0 Å². The first-order chi connectivity index (χ1) is 10.8. The van der Waals surface area contributed by atoms with Gasteiger partial charge in [0.25, 0.3) is 0 Å². The molecule has 2 rings (SSSR count). The third-order valence-electron chi connectivity index (χ3n) is 2.72. The number of amides is 3. The number of hydrogen-bond donors (Lipinski definition) is 3. The summed E-state index contributed by atoms with van der Waals surface area (Å²) >= 11 is 8.55. The van der Waals surface area contributed by atoms with E-state index in [0.29, 0.717) is 14.5 Å². The largest absolute Gasteiger partial charge is 0.351 e. The van der Waals surface area contributed by atoms with Crippen LogP contribution in [0.3, 0.4) is 0 Å². The smallest absolute Gasteiger partial charge is 0.318 e. The molecule has 7 nitrogen and oxygen atoms in total. The Morgan fingerprint density at radius 1 is 1.39 bits per heavy atom. The molecule has 0 aliphatic rings. The van der Waals surface area contributed by atoms with Gasteiger partial charge in [-0.2, -0.15) is 0 Å². The van der Waals surface area contributed by atoms with Gasteiger partial charge in [0, 0.05) is 10.7 Å². The number of nitrogens with two attached hydrogens (primary N) is 1. The summed E-state index contributed by atoms with van der Waals surface area (Å²) in [6.07, 6.45) is 0. The van der Waals surface area contributed by atoms with Crippen LogP contribution in [0.2, 0.25) is 5.02 Å². The number of aromatic nitrogens is 2. The Balaban J connectivity index is 1.98. The van der Waals surface area contributed by atoms with Gasteiger partial charge in [0.2, 0.25) is 11.0 Å². The van der Waals surface area contributed by atoms with E-state index in [1.807, 2.05) is 24.4 Å². The van der Waals surface area contributed by atoms with Crippen LogP contribution < -0.4 is 16.4 Å². The highest BCUT2D eigenvalue weighted by molar-refractivity contribution is 8.02. The molecule has 0 fully saturated rings. The Hall–Kier alpha value is -1.84. The van der Waals surface area contributed by atoms with Crippen LogP contribution in [0, 0.1) is 6.92 Å². The summed E-state index contributed by atoms with van der Waals surface area (Å²) in [5, 5.41) is 13.8. The Bertz CT molecular complexity index is 737. The molecule has 1 unspecified atom stereocenters. The van der Waals surface area contributed by atoms with E-state index in [4.69, 9.17) is 17.3 Å². The molecule has 23 heavy (non-hydrogen) atoms. The predicted molar refractivity (Wildman–Crippen MR) is 92.4 cm³/mol. The first kappa shape index (κ1) is 17.5. The van der Waals surface area contributed by atoms with Crippen LogP contribution in [-0.4, -0.2) is 27.4 Å². The van der Waals surface area contributed by atoms with Crippen molar-refractivity contribution in [3.05, 3.63) is 28.8 Å². The van der Waals surface area contributed by atoms with Crippen molar-refractivity contribution in [2.45, 2.75) is 23.4 Å². The number of imide groups is 1. The van der Waals surface area contributed by atoms with Crippen LogP contribution >= 0.6 is 34.7 Å². The van der Waals surface area contributed by atoms with Crippen LogP contribution in [-0.2, 0) is 4.79 Å². The molecule has 122 valence electrons. The summed E-state index contributed by atoms with van der Waals surface area (Å²) < 4.78 is 0.595. The van der Waals surface area contributed by atoms with Crippen molar-refractivity contribution < 1.29 is 9.59 Å². The van der Waals surface area contributed by atoms with Crippen molar-refractivity contribution in [1.29, 1.82) is 0 Å². The molecule has 0 aliphatic heterocycles. The molecule has 10 heteroatoms. The predicted octanol–water partition coefficient (Wildman–Crippen LogP) is 2.92. The van der Waals surface area contributed by atoms with Gasteiger partial charge in [-0.3, -0.25) is 10.1 Å². The molecule has 0 spiro atoms. The molecule has 4 N–H and O–H groups in total. The lowest BCUT2D eigenvalue weighted by Crippen LogP contribution is -2.39. The van der Waals surface area contributed by atoms with Crippen molar-refractivity contribution in [2.24, 2.45) is 5.73 Å². The first-order valence-corrected chi connectivity index (χ1v) is 8.56. The van der Waals surface area contributed by atoms with Gasteiger partial charge >= 0.3 is 6.03 Å². The summed E-state index contributed by atoms with van der Waals surface area (Å²) in [4.78, 5) is 22.3. The highest BCUT2D eigenvalue weighted by atomic mass is 35.5. The van der Waals surface area contributed by atoms with Gasteiger partial charge in [0.15, 0.2) is 4.34 Å². The van der Waals surface area contributed by atoms with E-state index >= 15 is 0 Å². The van der Waals surface area contributed by atoms with Gasteiger partial charge in [-0.1, -0.05) is 40.8 Å². The minimum Gasteiger partial charge on any atom is -0.351 e. The fraction of sp³-hybridized carbons (Fsp3) is 0.231. The van der Waals surface area contributed by atoms with Crippen molar-refractivity contribution in [2.75, 3.05) is 5.32 Å². The topological polar surface area (TPSA) is 110 Å². The summed E-state index contributed by atoms with van der Waals surface area (Å²) in [5.74, 6) is -0.475. The van der Waals surface area contributed by atoms with Crippen LogP contribution in [0.1, 0.15) is 12.5 Å². The third kappa shape index (κ3) is 5.08. The van der Waals surface area contributed by atoms with E-state index in [0.717, 1.165) is 11.3 Å². The number of benzene rings is 1. The van der Waals surface area contributed by atoms with Gasteiger partial charge in [0.1, 0.15) is 0 Å². The van der Waals surface area contributed by atoms with Gasteiger partial charge in [-0.15, -0.1) is 10.2 Å². The molecule has 0 bridgehead atoms. The number of thioether (sulfide) groups is 1. The number of carbonyl (C=O) groups is 2. The van der Waals surface area contributed by atoms with Crippen LogP contribution in [0.5, 0.6) is 0 Å². The van der Waals surface area contributed by atoms with Gasteiger partial charge < -0.3 is 11.1 Å². The van der Waals surface area contributed by atoms with Crippen LogP contribution in [0.25, 0.3) is 0 Å². The number of nitrogens with zero attached hydrogens (tertiary/aromatic N) is 2. The number of carbonyl (C=O) groups excluding carboxylic acids is 2. The van der Waals surface area contributed by atoms with E-state index in [1.165, 1.54) is 23.1 Å². The first-order valence-electron chi connectivity index (χ1n) is 6.49. The van der Waals surface area contributed by atoms with Crippen molar-refractivity contribution in [3.8, 4) is 0 Å². The Kier molecular flexibility index (Phi) is 5.80. The minimum absolute atomic E-state index is 0.475. The molecule has 1 atom stereocenters. The summed E-state index contributed by atoms with van der Waals surface area (Å²) in [6.45, 7) is 3.57. The van der Waals surface area contributed by atoms with Gasteiger partial charge in [-0.05, 0) is 31.5 Å². The highest BCUT2D eigenvalue weighted by Gasteiger charge is 2.18. The Morgan fingerprint density at radius 3 is 2.78 bits per heavy atom. The monoisotopic (exact) mass is 371 g/mol. The number of rotatable bonds is 5. The molecular formula is C13H14ClN5O2S2. The van der Waals surface area contributed by atoms with E-state index < -0.39 is 17.2 Å². The lowest BCUT2D eigenvalue weighted by atomic mass is 10.2. The average molecular weight is 372 g/mol. The molecule has 0 aliphatic carbocycles. The Labute approximate surface area is 146 Å². The minimum atomic E-state index is -0.877. The van der Waals surface area contributed by atoms with Gasteiger partial charge in [0.05, 0.1) is 5.25 Å². The molecule has 1 heterocycles. The Morgan fingerprint density at radius 2 is 2.13 bits per heavy atom. The SMILES string of the molecule is Cc1ccc(Nc2nnc(SC(C)C(=O)NC(N)=O)s2)cc1Cl. The van der Waals surface area contributed by atoms with E-state index in [-0.39, 0.29) is 0 Å². The number of nitrogens with one attached hydrogen (secondary N) is 2. The van der Waals surface area contributed by atoms with Crippen LogP contribution in [0.4, 0.5) is 15.6 Å². The molecule has 0 radical (unpaired) electrons. The van der Waals surface area contributed by atoms with Crippen molar-refractivity contribution in [1.82, 2.24) is 15.5 Å². The highest BCUT2D eigenvalue weighted by Crippen LogP contribution is 2.31. The molecular weight excluding hydrogens is 358 g/mol. The number of urea groups is 1. The molecule has 1 aromatic heterocycles. The fourth-order valence-corrected chi connectivity index (χ4v) is 3.63. The molecule has 3 amide bonds. The standard InChI is InChI=1S/C13H14ClN5O2S2/c1-6-3-4-8(5-9(6)14)16-12-18-19-13(23-12)22-7(2)10(20)17-11(15)21/h3-5,7H,1-2H3,(H,16,18)(H3,15,17,20,21). The summed E-state index contributed by atoms with van der Waals surface area (Å²) in [7, 11) is 0. The average Bonchev–Trinajstić information content (AvgIpc) is 2.89. The number of halogens is 1. The maximum Gasteiger partial charge on any atom is 0.318 e. The molecule has 0 saturated heterocycles. The molecule has 1 aromatic carbocycles. The van der Waals surface area contributed by atoms with Gasteiger partial charge in [-0.25, -0.2) is 4.79 Å².